The summed E-state index contributed by atoms with van der Waals surface area (Å²) in [7, 11) is 0. The summed E-state index contributed by atoms with van der Waals surface area (Å²) in [5.74, 6) is 0.499. The average Bonchev–Trinajstić information content (AvgIpc) is 2.36. The highest BCUT2D eigenvalue weighted by atomic mass is 16.5. The van der Waals surface area contributed by atoms with Gasteiger partial charge in [0, 0.05) is 6.61 Å². The lowest BCUT2D eigenvalue weighted by molar-refractivity contribution is -0.126. The van der Waals surface area contributed by atoms with Gasteiger partial charge in [-0.1, -0.05) is 26.0 Å². The molecule has 0 aliphatic carbocycles. The van der Waals surface area contributed by atoms with Crippen molar-refractivity contribution < 1.29 is 9.53 Å². The second kappa shape index (κ2) is 7.79. The number of ether oxygens (including phenoxy) is 1. The zero-order valence-electron chi connectivity index (χ0n) is 12.0. The van der Waals surface area contributed by atoms with Crippen LogP contribution in [-0.2, 0) is 9.53 Å². The van der Waals surface area contributed by atoms with Crippen molar-refractivity contribution in [2.75, 3.05) is 17.7 Å². The molecule has 1 rings (SSSR count). The van der Waals surface area contributed by atoms with E-state index in [-0.39, 0.29) is 5.91 Å². The first kappa shape index (κ1) is 15.5. The van der Waals surface area contributed by atoms with Crippen LogP contribution in [0.3, 0.4) is 0 Å². The number of carbonyl (C=O) groups excluding carboxylic acids is 1. The molecule has 3 N–H and O–H groups in total. The maximum atomic E-state index is 11.9. The number of benzene rings is 1. The molecule has 0 saturated carbocycles. The van der Waals surface area contributed by atoms with Crippen LogP contribution in [0.15, 0.2) is 24.3 Å². The number of hydrogen-bond donors (Lipinski definition) is 2. The molecule has 1 aromatic carbocycles. The fraction of sp³-hybridized carbons (Fsp3) is 0.533. The van der Waals surface area contributed by atoms with Gasteiger partial charge in [0.2, 0.25) is 0 Å². The van der Waals surface area contributed by atoms with Crippen LogP contribution in [0, 0.1) is 5.92 Å². The van der Waals surface area contributed by atoms with Crippen LogP contribution in [0.5, 0.6) is 0 Å². The Bertz CT molecular complexity index is 405. The predicted molar refractivity (Wildman–Crippen MR) is 79.0 cm³/mol. The first-order valence-electron chi connectivity index (χ1n) is 6.77. The number of rotatable bonds is 7. The van der Waals surface area contributed by atoms with Crippen molar-refractivity contribution in [2.24, 2.45) is 5.92 Å². The maximum Gasteiger partial charge on any atom is 0.253 e. The fourth-order valence-electron chi connectivity index (χ4n) is 1.67. The molecular weight excluding hydrogens is 240 g/mol. The van der Waals surface area contributed by atoms with E-state index in [0.717, 1.165) is 12.8 Å². The molecule has 0 fully saturated rings. The van der Waals surface area contributed by atoms with Gasteiger partial charge in [0.1, 0.15) is 6.10 Å². The molecular formula is C15H24N2O2. The Kier molecular flexibility index (Phi) is 6.36. The molecule has 0 heterocycles. The first-order valence-corrected chi connectivity index (χ1v) is 6.77. The minimum absolute atomic E-state index is 0.164. The molecule has 0 spiro atoms. The van der Waals surface area contributed by atoms with Gasteiger partial charge in [0.25, 0.3) is 5.91 Å². The average molecular weight is 264 g/mol. The highest BCUT2D eigenvalue weighted by Gasteiger charge is 2.14. The quantitative estimate of drug-likeness (QED) is 0.587. The summed E-state index contributed by atoms with van der Waals surface area (Å²) in [5, 5.41) is 2.77. The van der Waals surface area contributed by atoms with Crippen LogP contribution < -0.4 is 11.1 Å². The van der Waals surface area contributed by atoms with Crippen LogP contribution in [0.25, 0.3) is 0 Å². The van der Waals surface area contributed by atoms with Crippen LogP contribution in [0.1, 0.15) is 33.6 Å². The molecule has 4 heteroatoms. The van der Waals surface area contributed by atoms with Crippen molar-refractivity contribution in [3.63, 3.8) is 0 Å². The van der Waals surface area contributed by atoms with Gasteiger partial charge in [-0.05, 0) is 37.8 Å². The van der Waals surface area contributed by atoms with Gasteiger partial charge >= 0.3 is 0 Å². The minimum atomic E-state index is -0.466. The van der Waals surface area contributed by atoms with E-state index in [9.17, 15) is 4.79 Å². The van der Waals surface area contributed by atoms with E-state index in [1.807, 2.05) is 12.1 Å². The number of hydrogen-bond acceptors (Lipinski definition) is 3. The number of nitrogens with two attached hydrogens (primary N) is 1. The molecule has 1 atom stereocenters. The summed E-state index contributed by atoms with van der Waals surface area (Å²) in [6, 6.07) is 7.19. The van der Waals surface area contributed by atoms with E-state index in [4.69, 9.17) is 10.5 Å². The van der Waals surface area contributed by atoms with Gasteiger partial charge < -0.3 is 15.8 Å². The Balaban J connectivity index is 2.35. The molecule has 0 aliphatic rings. The smallest absolute Gasteiger partial charge is 0.253 e. The van der Waals surface area contributed by atoms with Gasteiger partial charge in [-0.15, -0.1) is 0 Å². The maximum absolute atomic E-state index is 11.9. The highest BCUT2D eigenvalue weighted by molar-refractivity contribution is 5.96. The lowest BCUT2D eigenvalue weighted by atomic mass is 10.1. The largest absolute Gasteiger partial charge is 0.397 e. The number of anilines is 2. The number of carbonyl (C=O) groups is 1. The van der Waals surface area contributed by atoms with E-state index < -0.39 is 6.10 Å². The molecule has 4 nitrogen and oxygen atoms in total. The first-order chi connectivity index (χ1) is 9.00. The lowest BCUT2D eigenvalue weighted by Gasteiger charge is -2.14. The van der Waals surface area contributed by atoms with Crippen molar-refractivity contribution in [3.05, 3.63) is 24.3 Å². The number of nitrogens with one attached hydrogen (secondary N) is 1. The van der Waals surface area contributed by atoms with E-state index in [1.165, 1.54) is 0 Å². The third-order valence-corrected chi connectivity index (χ3v) is 2.88. The summed E-state index contributed by atoms with van der Waals surface area (Å²) in [6.45, 7) is 6.71. The Hall–Kier alpha value is -1.55. The van der Waals surface area contributed by atoms with Gasteiger partial charge in [-0.25, -0.2) is 0 Å². The van der Waals surface area contributed by atoms with Crippen molar-refractivity contribution in [2.45, 2.75) is 39.7 Å². The zero-order valence-corrected chi connectivity index (χ0v) is 12.0. The zero-order chi connectivity index (χ0) is 14.3. The fourth-order valence-corrected chi connectivity index (χ4v) is 1.67. The molecule has 0 aliphatic heterocycles. The highest BCUT2D eigenvalue weighted by Crippen LogP contribution is 2.17. The van der Waals surface area contributed by atoms with Gasteiger partial charge in [0.15, 0.2) is 0 Å². The van der Waals surface area contributed by atoms with E-state index in [2.05, 4.69) is 19.2 Å². The van der Waals surface area contributed by atoms with Gasteiger partial charge in [-0.3, -0.25) is 4.79 Å². The number of amides is 1. The summed E-state index contributed by atoms with van der Waals surface area (Å²) in [6.07, 6.45) is 1.62. The molecule has 106 valence electrons. The second-order valence-corrected chi connectivity index (χ2v) is 5.13. The van der Waals surface area contributed by atoms with Crippen molar-refractivity contribution in [3.8, 4) is 0 Å². The Morgan fingerprint density at radius 2 is 2.00 bits per heavy atom. The van der Waals surface area contributed by atoms with Crippen LogP contribution >= 0.6 is 0 Å². The lowest BCUT2D eigenvalue weighted by Crippen LogP contribution is -2.28. The molecule has 0 saturated heterocycles. The molecule has 0 bridgehead atoms. The molecule has 19 heavy (non-hydrogen) atoms. The van der Waals surface area contributed by atoms with Gasteiger partial charge in [-0.2, -0.15) is 0 Å². The van der Waals surface area contributed by atoms with Crippen LogP contribution in [0.2, 0.25) is 0 Å². The summed E-state index contributed by atoms with van der Waals surface area (Å²) >= 11 is 0. The SMILES string of the molecule is CC(C)CCCOC(C)C(=O)Nc1ccccc1N. The molecule has 1 unspecified atom stereocenters. The van der Waals surface area contributed by atoms with Crippen LogP contribution in [0.4, 0.5) is 11.4 Å². The predicted octanol–water partition coefficient (Wildman–Crippen LogP) is 3.05. The second-order valence-electron chi connectivity index (χ2n) is 5.13. The van der Waals surface area contributed by atoms with E-state index in [0.29, 0.717) is 23.9 Å². The third-order valence-electron chi connectivity index (χ3n) is 2.88. The Labute approximate surface area is 115 Å². The molecule has 0 aromatic heterocycles. The Morgan fingerprint density at radius 1 is 1.32 bits per heavy atom. The number of para-hydroxylation sites is 2. The molecule has 0 radical (unpaired) electrons. The molecule has 1 aromatic rings. The van der Waals surface area contributed by atoms with Crippen LogP contribution in [-0.4, -0.2) is 18.6 Å². The number of nitrogen functional groups attached to an aromatic ring is 1. The van der Waals surface area contributed by atoms with Crippen molar-refractivity contribution in [1.82, 2.24) is 0 Å². The monoisotopic (exact) mass is 264 g/mol. The van der Waals surface area contributed by atoms with E-state index >= 15 is 0 Å². The summed E-state index contributed by atoms with van der Waals surface area (Å²) in [5.41, 5.74) is 6.96. The van der Waals surface area contributed by atoms with Crippen molar-refractivity contribution in [1.29, 1.82) is 0 Å². The topological polar surface area (TPSA) is 64.3 Å². The Morgan fingerprint density at radius 3 is 2.63 bits per heavy atom. The molecule has 1 amide bonds. The minimum Gasteiger partial charge on any atom is -0.397 e. The summed E-state index contributed by atoms with van der Waals surface area (Å²) in [4.78, 5) is 11.9. The third kappa shape index (κ3) is 5.75. The normalized spacial score (nSPS) is 12.4. The van der Waals surface area contributed by atoms with Gasteiger partial charge in [0.05, 0.1) is 11.4 Å². The summed E-state index contributed by atoms with van der Waals surface area (Å²) < 4.78 is 5.51. The standard InChI is InChI=1S/C15H24N2O2/c1-11(2)7-6-10-19-12(3)15(18)17-14-9-5-4-8-13(14)16/h4-5,8-9,11-12H,6-7,10,16H2,1-3H3,(H,17,18). The van der Waals surface area contributed by atoms with Crippen molar-refractivity contribution >= 4 is 17.3 Å². The van der Waals surface area contributed by atoms with E-state index in [1.54, 1.807) is 19.1 Å².